The lowest BCUT2D eigenvalue weighted by Crippen LogP contribution is -2.34. The molecule has 4 nitrogen and oxygen atoms in total. The van der Waals surface area contributed by atoms with Gasteiger partial charge in [-0.1, -0.05) is 18.2 Å². The summed E-state index contributed by atoms with van der Waals surface area (Å²) in [6, 6.07) is 6.81. The van der Waals surface area contributed by atoms with Crippen molar-refractivity contribution in [3.05, 3.63) is 29.8 Å². The largest absolute Gasteiger partial charge is 0.496 e. The van der Waals surface area contributed by atoms with Crippen LogP contribution in [0.4, 0.5) is 0 Å². The summed E-state index contributed by atoms with van der Waals surface area (Å²) in [6.45, 7) is 3.31. The van der Waals surface area contributed by atoms with E-state index < -0.39 is 11.6 Å². The molecule has 1 N–H and O–H groups in total. The van der Waals surface area contributed by atoms with E-state index in [4.69, 9.17) is 9.47 Å². The van der Waals surface area contributed by atoms with Gasteiger partial charge in [0.15, 0.2) is 5.60 Å². The van der Waals surface area contributed by atoms with Gasteiger partial charge in [-0.05, 0) is 19.9 Å². The van der Waals surface area contributed by atoms with Crippen LogP contribution >= 0.6 is 0 Å². The van der Waals surface area contributed by atoms with E-state index >= 15 is 0 Å². The molecule has 0 spiro atoms. The van der Waals surface area contributed by atoms with Gasteiger partial charge in [-0.25, -0.2) is 4.79 Å². The van der Waals surface area contributed by atoms with Crippen LogP contribution in [0, 0.1) is 0 Å². The molecule has 0 bridgehead atoms. The van der Waals surface area contributed by atoms with Gasteiger partial charge in [0.2, 0.25) is 0 Å². The first kappa shape index (κ1) is 12.5. The minimum atomic E-state index is -1.69. The Morgan fingerprint density at radius 2 is 2.06 bits per heavy atom. The average molecular weight is 224 g/mol. The van der Waals surface area contributed by atoms with Gasteiger partial charge in [-0.2, -0.15) is 0 Å². The molecule has 1 atom stereocenters. The number of hydrogen-bond acceptors (Lipinski definition) is 4. The Balaban J connectivity index is 3.10. The first-order valence-corrected chi connectivity index (χ1v) is 5.07. The topological polar surface area (TPSA) is 55.8 Å². The minimum absolute atomic E-state index is 0.226. The molecule has 0 amide bonds. The highest BCUT2D eigenvalue weighted by molar-refractivity contribution is 5.81. The predicted octanol–water partition coefficient (Wildman–Crippen LogP) is 1.47. The molecule has 0 aliphatic carbocycles. The third-order valence-electron chi connectivity index (χ3n) is 2.30. The lowest BCUT2D eigenvalue weighted by Gasteiger charge is -2.23. The Kier molecular flexibility index (Phi) is 3.90. The lowest BCUT2D eigenvalue weighted by molar-refractivity contribution is -0.164. The van der Waals surface area contributed by atoms with E-state index in [0.29, 0.717) is 11.3 Å². The highest BCUT2D eigenvalue weighted by Gasteiger charge is 2.36. The van der Waals surface area contributed by atoms with Gasteiger partial charge in [0.05, 0.1) is 13.7 Å². The summed E-state index contributed by atoms with van der Waals surface area (Å²) in [5.41, 5.74) is -1.29. The molecule has 4 heteroatoms. The predicted molar refractivity (Wildman–Crippen MR) is 59.2 cm³/mol. The number of ether oxygens (including phenoxy) is 2. The van der Waals surface area contributed by atoms with Crippen LogP contribution in [0.2, 0.25) is 0 Å². The SMILES string of the molecule is CCOC(=O)[C@](C)(O)c1ccccc1OC. The molecule has 0 aromatic heterocycles. The second kappa shape index (κ2) is 4.99. The van der Waals surface area contributed by atoms with Crippen molar-refractivity contribution in [2.75, 3.05) is 13.7 Å². The Bertz CT molecular complexity index is 371. The van der Waals surface area contributed by atoms with Crippen LogP contribution in [0.3, 0.4) is 0 Å². The third-order valence-corrected chi connectivity index (χ3v) is 2.30. The second-order valence-corrected chi connectivity index (χ2v) is 3.49. The number of hydrogen-bond donors (Lipinski definition) is 1. The van der Waals surface area contributed by atoms with E-state index in [9.17, 15) is 9.90 Å². The van der Waals surface area contributed by atoms with Crippen LogP contribution in [0.25, 0.3) is 0 Å². The number of aliphatic hydroxyl groups is 1. The summed E-state index contributed by atoms with van der Waals surface area (Å²) in [5.74, 6) is -0.222. The molecule has 0 unspecified atom stereocenters. The molecule has 16 heavy (non-hydrogen) atoms. The molecule has 0 saturated heterocycles. The summed E-state index contributed by atoms with van der Waals surface area (Å²) in [5, 5.41) is 10.1. The smallest absolute Gasteiger partial charge is 0.342 e. The number of benzene rings is 1. The monoisotopic (exact) mass is 224 g/mol. The Hall–Kier alpha value is -1.55. The zero-order valence-electron chi connectivity index (χ0n) is 9.69. The van der Waals surface area contributed by atoms with Crippen molar-refractivity contribution in [3.63, 3.8) is 0 Å². The number of para-hydroxylation sites is 1. The third kappa shape index (κ3) is 2.33. The second-order valence-electron chi connectivity index (χ2n) is 3.49. The van der Waals surface area contributed by atoms with Crippen LogP contribution in [0.5, 0.6) is 5.75 Å². The van der Waals surface area contributed by atoms with Crippen molar-refractivity contribution in [1.82, 2.24) is 0 Å². The molecular weight excluding hydrogens is 208 g/mol. The highest BCUT2D eigenvalue weighted by atomic mass is 16.5. The fourth-order valence-electron chi connectivity index (χ4n) is 1.43. The standard InChI is InChI=1S/C12H16O4/c1-4-16-11(13)12(2,14)9-7-5-6-8-10(9)15-3/h5-8,14H,4H2,1-3H3/t12-/m1/s1. The van der Waals surface area contributed by atoms with Gasteiger partial charge in [-0.15, -0.1) is 0 Å². The number of rotatable bonds is 4. The summed E-state index contributed by atoms with van der Waals surface area (Å²) >= 11 is 0. The van der Waals surface area contributed by atoms with E-state index in [0.717, 1.165) is 0 Å². The summed E-state index contributed by atoms with van der Waals surface area (Å²) in [6.07, 6.45) is 0. The molecule has 0 radical (unpaired) electrons. The zero-order valence-corrected chi connectivity index (χ0v) is 9.69. The van der Waals surface area contributed by atoms with Gasteiger partial charge in [0.25, 0.3) is 0 Å². The van der Waals surface area contributed by atoms with E-state index in [1.54, 1.807) is 31.2 Å². The number of methoxy groups -OCH3 is 1. The first-order valence-electron chi connectivity index (χ1n) is 5.07. The van der Waals surface area contributed by atoms with Crippen molar-refractivity contribution in [3.8, 4) is 5.75 Å². The van der Waals surface area contributed by atoms with Crippen LogP contribution < -0.4 is 4.74 Å². The van der Waals surface area contributed by atoms with Crippen LogP contribution in [-0.2, 0) is 15.1 Å². The molecule has 1 aromatic carbocycles. The van der Waals surface area contributed by atoms with Gasteiger partial charge < -0.3 is 14.6 Å². The summed E-state index contributed by atoms with van der Waals surface area (Å²) < 4.78 is 9.91. The molecule has 88 valence electrons. The zero-order chi connectivity index (χ0) is 12.2. The molecule has 0 aliphatic heterocycles. The van der Waals surface area contributed by atoms with Gasteiger partial charge in [0, 0.05) is 5.56 Å². The molecule has 0 heterocycles. The maximum atomic E-state index is 11.6. The van der Waals surface area contributed by atoms with Crippen LogP contribution in [0.1, 0.15) is 19.4 Å². The molecule has 1 rings (SSSR count). The van der Waals surface area contributed by atoms with Crippen molar-refractivity contribution in [2.24, 2.45) is 0 Å². The van der Waals surface area contributed by atoms with E-state index in [-0.39, 0.29) is 6.61 Å². The Morgan fingerprint density at radius 1 is 1.44 bits per heavy atom. The van der Waals surface area contributed by atoms with Crippen molar-refractivity contribution >= 4 is 5.97 Å². The maximum Gasteiger partial charge on any atom is 0.342 e. The Labute approximate surface area is 94.8 Å². The van der Waals surface area contributed by atoms with Crippen molar-refractivity contribution in [2.45, 2.75) is 19.4 Å². The van der Waals surface area contributed by atoms with Crippen molar-refractivity contribution in [1.29, 1.82) is 0 Å². The van der Waals surface area contributed by atoms with Gasteiger partial charge in [0.1, 0.15) is 5.75 Å². The summed E-state index contributed by atoms with van der Waals surface area (Å²) in [4.78, 5) is 11.6. The molecule has 0 aliphatic rings. The van der Waals surface area contributed by atoms with Crippen molar-refractivity contribution < 1.29 is 19.4 Å². The minimum Gasteiger partial charge on any atom is -0.496 e. The number of carbonyl (C=O) groups excluding carboxylic acids is 1. The normalized spacial score (nSPS) is 14.0. The number of esters is 1. The maximum absolute atomic E-state index is 11.6. The Morgan fingerprint density at radius 3 is 2.62 bits per heavy atom. The molecule has 0 saturated carbocycles. The first-order chi connectivity index (χ1) is 7.54. The quantitative estimate of drug-likeness (QED) is 0.787. The highest BCUT2D eigenvalue weighted by Crippen LogP contribution is 2.30. The summed E-state index contributed by atoms with van der Waals surface area (Å²) in [7, 11) is 1.49. The van der Waals surface area contributed by atoms with E-state index in [1.807, 2.05) is 0 Å². The van der Waals surface area contributed by atoms with E-state index in [1.165, 1.54) is 14.0 Å². The number of carbonyl (C=O) groups is 1. The fourth-order valence-corrected chi connectivity index (χ4v) is 1.43. The van der Waals surface area contributed by atoms with Gasteiger partial charge >= 0.3 is 5.97 Å². The van der Waals surface area contributed by atoms with E-state index in [2.05, 4.69) is 0 Å². The van der Waals surface area contributed by atoms with Gasteiger partial charge in [-0.3, -0.25) is 0 Å². The average Bonchev–Trinajstić information content (AvgIpc) is 2.29. The fraction of sp³-hybridized carbons (Fsp3) is 0.417. The molecule has 1 aromatic rings. The van der Waals surface area contributed by atoms with Crippen LogP contribution in [0.15, 0.2) is 24.3 Å². The lowest BCUT2D eigenvalue weighted by atomic mass is 9.95. The molecular formula is C12H16O4. The molecule has 0 fully saturated rings. The van der Waals surface area contributed by atoms with Crippen LogP contribution in [-0.4, -0.2) is 24.8 Å².